The van der Waals surface area contributed by atoms with Crippen molar-refractivity contribution in [2.75, 3.05) is 19.6 Å². The first-order valence-corrected chi connectivity index (χ1v) is 9.89. The molecule has 4 N–H and O–H groups in total. The fraction of sp³-hybridized carbons (Fsp3) is 0.429. The number of aryl methyl sites for hydroxylation is 1. The number of allylic oxidation sites excluding steroid dienone is 3. The number of benzene rings is 1. The monoisotopic (exact) mass is 380 g/mol. The van der Waals surface area contributed by atoms with Crippen LogP contribution < -0.4 is 5.73 Å². The Balaban J connectivity index is 0. The Bertz CT molecular complexity index is 569. The molecular weight excluding hydrogens is 344 g/mol. The lowest BCUT2D eigenvalue weighted by Gasteiger charge is -2.21. The van der Waals surface area contributed by atoms with E-state index in [9.17, 15) is 10.2 Å². The first-order chi connectivity index (χ1) is 12.5. The molecule has 0 aliphatic rings. The zero-order valence-electron chi connectivity index (χ0n) is 17.1. The van der Waals surface area contributed by atoms with Gasteiger partial charge in [-0.3, -0.25) is 0 Å². The van der Waals surface area contributed by atoms with Crippen LogP contribution in [-0.4, -0.2) is 34.2 Å². The van der Waals surface area contributed by atoms with Crippen molar-refractivity contribution < 1.29 is 10.2 Å². The molecule has 148 valence electrons. The second-order valence-corrected chi connectivity index (χ2v) is 5.96. The van der Waals surface area contributed by atoms with Gasteiger partial charge in [-0.05, 0) is 49.1 Å². The average molecular weight is 381 g/mol. The summed E-state index contributed by atoms with van der Waals surface area (Å²) in [6, 6.07) is 3.09. The summed E-state index contributed by atoms with van der Waals surface area (Å²) in [6.45, 7) is 17.3. The minimum atomic E-state index is 0.138. The van der Waals surface area contributed by atoms with Gasteiger partial charge in [0.05, 0.1) is 4.90 Å². The maximum atomic E-state index is 10.1. The van der Waals surface area contributed by atoms with Gasteiger partial charge >= 0.3 is 0 Å². The molecule has 0 radical (unpaired) electrons. The second-order valence-electron chi connectivity index (χ2n) is 4.82. The van der Waals surface area contributed by atoms with Gasteiger partial charge in [0.15, 0.2) is 0 Å². The number of hydrogen-bond acceptors (Lipinski definition) is 5. The first kappa shape index (κ1) is 26.5. The fourth-order valence-corrected chi connectivity index (χ4v) is 2.96. The quantitative estimate of drug-likeness (QED) is 0.319. The highest BCUT2D eigenvalue weighted by Gasteiger charge is 2.13. The van der Waals surface area contributed by atoms with E-state index >= 15 is 0 Å². The number of hydrogen-bond donors (Lipinski definition) is 3. The summed E-state index contributed by atoms with van der Waals surface area (Å²) >= 11 is 1.38. The van der Waals surface area contributed by atoms with Crippen LogP contribution in [0.1, 0.15) is 40.2 Å². The molecule has 0 unspecified atom stereocenters. The van der Waals surface area contributed by atoms with Crippen LogP contribution >= 0.6 is 11.9 Å². The Morgan fingerprint density at radius 2 is 1.85 bits per heavy atom. The molecule has 0 spiro atoms. The van der Waals surface area contributed by atoms with Crippen LogP contribution in [0.4, 0.5) is 0 Å². The molecule has 0 aromatic heterocycles. The van der Waals surface area contributed by atoms with Crippen LogP contribution in [0.25, 0.3) is 0 Å². The van der Waals surface area contributed by atoms with E-state index in [-0.39, 0.29) is 11.5 Å². The molecule has 0 aliphatic heterocycles. The normalized spacial score (nSPS) is 10.8. The molecule has 0 atom stereocenters. The van der Waals surface area contributed by atoms with Crippen molar-refractivity contribution in [2.24, 2.45) is 5.73 Å². The largest absolute Gasteiger partial charge is 0.508 e. The Morgan fingerprint density at radius 3 is 2.35 bits per heavy atom. The van der Waals surface area contributed by atoms with Crippen LogP contribution in [0.2, 0.25) is 0 Å². The summed E-state index contributed by atoms with van der Waals surface area (Å²) in [6.07, 6.45) is 7.70. The van der Waals surface area contributed by atoms with Gasteiger partial charge in [0.1, 0.15) is 11.5 Å². The van der Waals surface area contributed by atoms with Crippen molar-refractivity contribution >= 4 is 11.9 Å². The van der Waals surface area contributed by atoms with Crippen molar-refractivity contribution in [1.29, 1.82) is 0 Å². The molecular formula is C21H36N2O2S. The molecule has 0 aliphatic carbocycles. The second kappa shape index (κ2) is 16.8. The number of nitrogens with two attached hydrogens (primary N) is 1. The van der Waals surface area contributed by atoms with Crippen LogP contribution in [0, 0.1) is 6.92 Å². The van der Waals surface area contributed by atoms with E-state index in [1.54, 1.807) is 19.1 Å². The van der Waals surface area contributed by atoms with Gasteiger partial charge in [0, 0.05) is 19.6 Å². The lowest BCUT2D eigenvalue weighted by molar-refractivity contribution is 0.442. The van der Waals surface area contributed by atoms with E-state index in [2.05, 4.69) is 6.58 Å². The van der Waals surface area contributed by atoms with E-state index < -0.39 is 0 Å². The molecule has 0 amide bonds. The highest BCUT2D eigenvalue weighted by molar-refractivity contribution is 7.97. The first-order valence-electron chi connectivity index (χ1n) is 9.11. The molecule has 4 nitrogen and oxygen atoms in total. The van der Waals surface area contributed by atoms with Gasteiger partial charge in [-0.2, -0.15) is 0 Å². The van der Waals surface area contributed by atoms with Crippen LogP contribution in [0.5, 0.6) is 11.5 Å². The predicted molar refractivity (Wildman–Crippen MR) is 117 cm³/mol. The Hall–Kier alpha value is -1.69. The standard InChI is InChI=1S/C17H24N2O2S.2C2H6/c1-4-6-7-14(5-2)12-19(9-8-18)22-16-11-15(20)10-13(3)17(16)21;2*1-2/h4-7,10-11,20-21H,2,8-9,12,18H2,1,3H3;2*1-2H3/b6-4-,14-7+;;. The zero-order chi connectivity index (χ0) is 20.5. The molecule has 0 saturated carbocycles. The van der Waals surface area contributed by atoms with E-state index in [1.165, 1.54) is 18.0 Å². The topological polar surface area (TPSA) is 69.7 Å². The Kier molecular flexibility index (Phi) is 17.1. The molecule has 0 fully saturated rings. The van der Waals surface area contributed by atoms with Crippen molar-refractivity contribution in [3.63, 3.8) is 0 Å². The number of nitrogens with zero attached hydrogens (tertiary/aromatic N) is 1. The van der Waals surface area contributed by atoms with Crippen molar-refractivity contribution in [3.8, 4) is 11.5 Å². The predicted octanol–water partition coefficient (Wildman–Crippen LogP) is 5.41. The van der Waals surface area contributed by atoms with E-state index in [4.69, 9.17) is 5.73 Å². The molecule has 1 rings (SSSR count). The molecule has 5 heteroatoms. The highest BCUT2D eigenvalue weighted by atomic mass is 32.2. The lowest BCUT2D eigenvalue weighted by Crippen LogP contribution is -2.25. The Morgan fingerprint density at radius 1 is 1.23 bits per heavy atom. The summed E-state index contributed by atoms with van der Waals surface area (Å²) in [5.74, 6) is 0.321. The number of rotatable bonds is 8. The van der Waals surface area contributed by atoms with Crippen molar-refractivity contribution in [1.82, 2.24) is 4.31 Å². The SMILES string of the molecule is C=C/C(=C\C=C/C)CN(CCN)Sc1cc(O)cc(C)c1O.CC.CC. The molecule has 0 heterocycles. The minimum absolute atomic E-state index is 0.138. The van der Waals surface area contributed by atoms with Gasteiger partial charge in [-0.25, -0.2) is 4.31 Å². The molecule has 0 saturated heterocycles. The van der Waals surface area contributed by atoms with E-state index in [0.717, 1.165) is 5.57 Å². The van der Waals surface area contributed by atoms with Gasteiger partial charge in [-0.1, -0.05) is 58.6 Å². The van der Waals surface area contributed by atoms with Crippen LogP contribution in [-0.2, 0) is 0 Å². The lowest BCUT2D eigenvalue weighted by atomic mass is 10.2. The third-order valence-electron chi connectivity index (χ3n) is 2.98. The Labute approximate surface area is 164 Å². The highest BCUT2D eigenvalue weighted by Crippen LogP contribution is 2.36. The van der Waals surface area contributed by atoms with Crippen molar-refractivity contribution in [3.05, 3.63) is 54.2 Å². The molecule has 1 aromatic rings. The summed E-state index contributed by atoms with van der Waals surface area (Å²) in [5, 5.41) is 19.8. The molecule has 0 bridgehead atoms. The third-order valence-corrected chi connectivity index (χ3v) is 4.06. The van der Waals surface area contributed by atoms with E-state index in [1.807, 2.05) is 57.2 Å². The van der Waals surface area contributed by atoms with Gasteiger partial charge < -0.3 is 15.9 Å². The molecule has 1 aromatic carbocycles. The summed E-state index contributed by atoms with van der Waals surface area (Å²) < 4.78 is 2.03. The van der Waals surface area contributed by atoms with Gasteiger partial charge in [0.25, 0.3) is 0 Å². The van der Waals surface area contributed by atoms with Crippen molar-refractivity contribution in [2.45, 2.75) is 46.4 Å². The third kappa shape index (κ3) is 10.3. The van der Waals surface area contributed by atoms with Gasteiger partial charge in [-0.15, -0.1) is 0 Å². The number of phenolic OH excluding ortho intramolecular Hbond substituents is 2. The number of aromatic hydroxyl groups is 2. The minimum Gasteiger partial charge on any atom is -0.508 e. The molecule has 26 heavy (non-hydrogen) atoms. The smallest absolute Gasteiger partial charge is 0.133 e. The van der Waals surface area contributed by atoms with Crippen LogP contribution in [0.3, 0.4) is 0 Å². The summed E-state index contributed by atoms with van der Waals surface area (Å²) in [5.41, 5.74) is 7.37. The summed E-state index contributed by atoms with van der Waals surface area (Å²) in [4.78, 5) is 0.611. The van der Waals surface area contributed by atoms with Gasteiger partial charge in [0.2, 0.25) is 0 Å². The average Bonchev–Trinajstić information content (AvgIpc) is 2.66. The zero-order valence-corrected chi connectivity index (χ0v) is 17.9. The summed E-state index contributed by atoms with van der Waals surface area (Å²) in [7, 11) is 0. The van der Waals surface area contributed by atoms with E-state index in [0.29, 0.717) is 30.1 Å². The number of phenols is 2. The fourth-order valence-electron chi connectivity index (χ4n) is 1.85. The van der Waals surface area contributed by atoms with Crippen LogP contribution in [0.15, 0.2) is 53.5 Å². The maximum absolute atomic E-state index is 10.1. The maximum Gasteiger partial charge on any atom is 0.133 e.